The molecule has 1 aliphatic heterocycles. The largest absolute Gasteiger partial charge is 0.393 e. The second-order valence-electron chi connectivity index (χ2n) is 9.58. The molecule has 0 radical (unpaired) electrons. The monoisotopic (exact) mass is 457 g/mol. The molecule has 1 aromatic heterocycles. The topological polar surface area (TPSA) is 84.3 Å². The van der Waals surface area contributed by atoms with Crippen LogP contribution in [0.15, 0.2) is 79.1 Å². The SMILES string of the molecule is O=C(NC[C@]1(c2ccccc2)CC[C@H]2[C@H](CC1)O[C@H](c1ccccc1)C[C@@H]2O)c1ccnnc1. The van der Waals surface area contributed by atoms with Gasteiger partial charge in [0, 0.05) is 24.3 Å². The summed E-state index contributed by atoms with van der Waals surface area (Å²) < 4.78 is 6.59. The summed E-state index contributed by atoms with van der Waals surface area (Å²) in [6.07, 6.45) is 6.61. The van der Waals surface area contributed by atoms with E-state index in [0.717, 1.165) is 31.2 Å². The van der Waals surface area contributed by atoms with Crippen molar-refractivity contribution < 1.29 is 14.6 Å². The molecule has 2 heterocycles. The Kier molecular flexibility index (Phi) is 6.70. The van der Waals surface area contributed by atoms with E-state index in [-0.39, 0.29) is 29.4 Å². The summed E-state index contributed by atoms with van der Waals surface area (Å²) >= 11 is 0. The minimum Gasteiger partial charge on any atom is -0.393 e. The van der Waals surface area contributed by atoms with E-state index in [1.54, 1.807) is 6.07 Å². The third kappa shape index (κ3) is 4.74. The van der Waals surface area contributed by atoms with E-state index in [1.165, 1.54) is 18.0 Å². The van der Waals surface area contributed by atoms with E-state index in [9.17, 15) is 9.90 Å². The molecule has 176 valence electrons. The number of carbonyl (C=O) groups is 1. The van der Waals surface area contributed by atoms with Crippen molar-refractivity contribution in [2.24, 2.45) is 5.92 Å². The van der Waals surface area contributed by atoms with Crippen molar-refractivity contribution >= 4 is 5.91 Å². The average Bonchev–Trinajstić information content (AvgIpc) is 3.10. The van der Waals surface area contributed by atoms with Crippen LogP contribution in [0.3, 0.4) is 0 Å². The quantitative estimate of drug-likeness (QED) is 0.599. The number of hydrogen-bond donors (Lipinski definition) is 2. The van der Waals surface area contributed by atoms with Crippen molar-refractivity contribution in [3.8, 4) is 0 Å². The van der Waals surface area contributed by atoms with E-state index in [1.807, 2.05) is 24.3 Å². The lowest BCUT2D eigenvalue weighted by atomic mass is 9.73. The van der Waals surface area contributed by atoms with Gasteiger partial charge in [0.05, 0.1) is 36.3 Å². The molecule has 5 rings (SSSR count). The predicted molar refractivity (Wildman–Crippen MR) is 129 cm³/mol. The van der Waals surface area contributed by atoms with Crippen LogP contribution in [-0.4, -0.2) is 40.0 Å². The van der Waals surface area contributed by atoms with Gasteiger partial charge in [0.2, 0.25) is 0 Å². The second kappa shape index (κ2) is 10.0. The highest BCUT2D eigenvalue weighted by Gasteiger charge is 2.44. The van der Waals surface area contributed by atoms with Crippen molar-refractivity contribution in [1.82, 2.24) is 15.5 Å². The molecule has 2 aliphatic rings. The van der Waals surface area contributed by atoms with Crippen molar-refractivity contribution in [2.75, 3.05) is 6.54 Å². The first-order chi connectivity index (χ1) is 16.6. The molecule has 2 aromatic carbocycles. The Morgan fingerprint density at radius 3 is 2.47 bits per heavy atom. The fourth-order valence-corrected chi connectivity index (χ4v) is 5.67. The van der Waals surface area contributed by atoms with Crippen molar-refractivity contribution in [3.05, 3.63) is 95.8 Å². The van der Waals surface area contributed by atoms with Crippen molar-refractivity contribution in [3.63, 3.8) is 0 Å². The van der Waals surface area contributed by atoms with Gasteiger partial charge in [0.1, 0.15) is 0 Å². The summed E-state index contributed by atoms with van der Waals surface area (Å²) in [4.78, 5) is 12.8. The average molecular weight is 458 g/mol. The predicted octanol–water partition coefficient (Wildman–Crippen LogP) is 4.23. The fraction of sp³-hybridized carbons (Fsp3) is 0.393. The lowest BCUT2D eigenvalue weighted by Crippen LogP contribution is -2.41. The summed E-state index contributed by atoms with van der Waals surface area (Å²) in [5, 5.41) is 21.8. The summed E-state index contributed by atoms with van der Waals surface area (Å²) in [6, 6.07) is 22.3. The Balaban J connectivity index is 1.37. The van der Waals surface area contributed by atoms with Crippen LogP contribution in [0.4, 0.5) is 0 Å². The Bertz CT molecular complexity index is 1080. The third-order valence-corrected chi connectivity index (χ3v) is 7.62. The Hall–Kier alpha value is -3.09. The Morgan fingerprint density at radius 2 is 1.74 bits per heavy atom. The highest BCUT2D eigenvalue weighted by molar-refractivity contribution is 5.93. The number of amides is 1. The smallest absolute Gasteiger partial charge is 0.253 e. The number of fused-ring (bicyclic) bond motifs is 1. The number of aliphatic hydroxyl groups is 1. The number of benzene rings is 2. The molecule has 6 heteroatoms. The standard InChI is InChI=1S/C28H31N3O3/c32-24-17-26(20-7-3-1-4-8-20)34-25-12-15-28(14-11-23(24)25,22-9-5-2-6-10-22)19-29-27(33)21-13-16-30-31-18-21/h1-10,13,16,18,23-26,32H,11-12,14-15,17,19H2,(H,29,33)/t23-,24+,25+,26+,28+/m1/s1. The van der Waals surface area contributed by atoms with Crippen LogP contribution in [0.1, 0.15) is 59.7 Å². The summed E-state index contributed by atoms with van der Waals surface area (Å²) in [5.74, 6) is -0.0436. The first-order valence-corrected chi connectivity index (χ1v) is 12.1. The number of rotatable bonds is 5. The highest BCUT2D eigenvalue weighted by Crippen LogP contribution is 2.46. The molecule has 2 fully saturated rings. The normalized spacial score (nSPS) is 29.0. The maximum Gasteiger partial charge on any atom is 0.253 e. The van der Waals surface area contributed by atoms with Crippen LogP contribution >= 0.6 is 0 Å². The van der Waals surface area contributed by atoms with Crippen molar-refractivity contribution in [2.45, 2.75) is 55.8 Å². The molecule has 34 heavy (non-hydrogen) atoms. The van der Waals surface area contributed by atoms with Gasteiger partial charge >= 0.3 is 0 Å². The van der Waals surface area contributed by atoms with Gasteiger partial charge < -0.3 is 15.2 Å². The van der Waals surface area contributed by atoms with Crippen LogP contribution in [0, 0.1) is 5.92 Å². The molecule has 3 aromatic rings. The third-order valence-electron chi connectivity index (χ3n) is 7.62. The minimum atomic E-state index is -0.395. The van der Waals surface area contributed by atoms with Gasteiger partial charge in [-0.2, -0.15) is 10.2 Å². The molecular weight excluding hydrogens is 426 g/mol. The van der Waals surface area contributed by atoms with Gasteiger partial charge in [-0.1, -0.05) is 60.7 Å². The summed E-state index contributed by atoms with van der Waals surface area (Å²) in [5.41, 5.74) is 2.62. The number of hydrogen-bond acceptors (Lipinski definition) is 5. The number of aromatic nitrogens is 2. The highest BCUT2D eigenvalue weighted by atomic mass is 16.5. The number of aliphatic hydroxyl groups excluding tert-OH is 1. The zero-order valence-corrected chi connectivity index (χ0v) is 19.2. The van der Waals surface area contributed by atoms with Gasteiger partial charge in [-0.25, -0.2) is 0 Å². The van der Waals surface area contributed by atoms with Crippen LogP contribution in [-0.2, 0) is 10.2 Å². The molecule has 5 atom stereocenters. The van der Waals surface area contributed by atoms with Crippen LogP contribution in [0.2, 0.25) is 0 Å². The molecule has 1 amide bonds. The van der Waals surface area contributed by atoms with Crippen LogP contribution < -0.4 is 5.32 Å². The van der Waals surface area contributed by atoms with Gasteiger partial charge in [-0.15, -0.1) is 0 Å². The van der Waals surface area contributed by atoms with E-state index < -0.39 is 6.10 Å². The lowest BCUT2D eigenvalue weighted by Gasteiger charge is -2.39. The lowest BCUT2D eigenvalue weighted by molar-refractivity contribution is -0.139. The van der Waals surface area contributed by atoms with E-state index >= 15 is 0 Å². The van der Waals surface area contributed by atoms with E-state index in [2.05, 4.69) is 51.9 Å². The molecule has 0 unspecified atom stereocenters. The Morgan fingerprint density at radius 1 is 1.00 bits per heavy atom. The molecule has 2 N–H and O–H groups in total. The number of ether oxygens (including phenoxy) is 1. The van der Waals surface area contributed by atoms with Gasteiger partial charge in [0.15, 0.2) is 0 Å². The van der Waals surface area contributed by atoms with E-state index in [0.29, 0.717) is 18.5 Å². The second-order valence-corrected chi connectivity index (χ2v) is 9.58. The Labute approximate surface area is 200 Å². The number of carbonyl (C=O) groups excluding carboxylic acids is 1. The molecule has 1 aliphatic carbocycles. The molecular formula is C28H31N3O3. The maximum atomic E-state index is 12.8. The zero-order valence-electron chi connectivity index (χ0n) is 19.2. The van der Waals surface area contributed by atoms with Crippen LogP contribution in [0.5, 0.6) is 0 Å². The molecule has 1 saturated heterocycles. The summed E-state index contributed by atoms with van der Waals surface area (Å²) in [7, 11) is 0. The van der Waals surface area contributed by atoms with Crippen LogP contribution in [0.25, 0.3) is 0 Å². The fourth-order valence-electron chi connectivity index (χ4n) is 5.67. The molecule has 1 saturated carbocycles. The molecule has 0 spiro atoms. The van der Waals surface area contributed by atoms with Crippen molar-refractivity contribution in [1.29, 1.82) is 0 Å². The molecule has 0 bridgehead atoms. The number of nitrogens with one attached hydrogen (secondary N) is 1. The minimum absolute atomic E-state index is 0.000331. The van der Waals surface area contributed by atoms with Gasteiger partial charge in [0.25, 0.3) is 5.91 Å². The van der Waals surface area contributed by atoms with E-state index in [4.69, 9.17) is 4.74 Å². The number of nitrogens with zero attached hydrogens (tertiary/aromatic N) is 2. The maximum absolute atomic E-state index is 12.8. The first-order valence-electron chi connectivity index (χ1n) is 12.1. The van der Waals surface area contributed by atoms with Gasteiger partial charge in [-0.3, -0.25) is 4.79 Å². The first kappa shape index (κ1) is 22.7. The summed E-state index contributed by atoms with van der Waals surface area (Å²) in [6.45, 7) is 0.524. The van der Waals surface area contributed by atoms with Gasteiger partial charge in [-0.05, 0) is 42.9 Å². The molecule has 6 nitrogen and oxygen atoms in total. The zero-order chi connectivity index (χ0) is 23.4.